The molecule has 0 saturated carbocycles. The number of benzene rings is 2. The average molecular weight is 456 g/mol. The van der Waals surface area contributed by atoms with Crippen molar-refractivity contribution in [2.24, 2.45) is 0 Å². The molecule has 0 aliphatic carbocycles. The number of carbonyl (C=O) groups excluding carboxylic acids is 1. The Morgan fingerprint density at radius 2 is 1.81 bits per heavy atom. The summed E-state index contributed by atoms with van der Waals surface area (Å²) >= 11 is 0. The highest BCUT2D eigenvalue weighted by Gasteiger charge is 2.22. The third kappa shape index (κ3) is 6.97. The third-order valence-electron chi connectivity index (χ3n) is 4.76. The van der Waals surface area contributed by atoms with Gasteiger partial charge in [-0.15, -0.1) is 0 Å². The first-order chi connectivity index (χ1) is 15.4. The molecule has 1 amide bonds. The van der Waals surface area contributed by atoms with E-state index in [2.05, 4.69) is 10.3 Å². The van der Waals surface area contributed by atoms with Crippen molar-refractivity contribution in [2.45, 2.75) is 39.2 Å². The molecule has 3 rings (SSSR count). The van der Waals surface area contributed by atoms with Gasteiger partial charge in [-0.05, 0) is 49.4 Å². The minimum atomic E-state index is -4.01. The summed E-state index contributed by atoms with van der Waals surface area (Å²) in [6, 6.07) is 17.9. The van der Waals surface area contributed by atoms with Crippen LogP contribution < -0.4 is 5.32 Å². The van der Waals surface area contributed by atoms with E-state index in [1.807, 2.05) is 54.6 Å². The number of nitrogens with one attached hydrogen (secondary N) is 1. The molecule has 8 heteroatoms. The predicted octanol–water partition coefficient (Wildman–Crippen LogP) is 4.88. The van der Waals surface area contributed by atoms with Gasteiger partial charge in [-0.25, -0.2) is 4.57 Å². The van der Waals surface area contributed by atoms with Crippen LogP contribution in [-0.4, -0.2) is 35.0 Å². The Labute approximate surface area is 188 Å². The van der Waals surface area contributed by atoms with Crippen molar-refractivity contribution in [3.63, 3.8) is 0 Å². The smallest absolute Gasteiger partial charge is 0.356 e. The number of fused-ring (bicyclic) bond motifs is 1. The van der Waals surface area contributed by atoms with Crippen LogP contribution in [0.5, 0.6) is 0 Å². The minimum Gasteiger partial charge on any atom is -0.356 e. The van der Waals surface area contributed by atoms with Gasteiger partial charge in [0.2, 0.25) is 5.91 Å². The summed E-state index contributed by atoms with van der Waals surface area (Å²) in [5.41, 5.74) is 3.81. The van der Waals surface area contributed by atoms with Crippen molar-refractivity contribution in [1.82, 2.24) is 10.3 Å². The number of amides is 1. The number of phosphoric acid groups is 1. The van der Waals surface area contributed by atoms with Crippen LogP contribution in [0, 0.1) is 0 Å². The standard InChI is InChI=1S/C24H29N2O5P/c1-18(2)31-32(28,29)30-15-9-8-14-25-23(27)16-20-17-26-22-13-7-6-12-21(22)24(20)19-10-4-3-5-11-19/h3-7,10-13,17-18H,8-9,14-16H2,1-2H3,(H,25,27)(H,28,29). The first-order valence-electron chi connectivity index (χ1n) is 10.7. The molecule has 0 spiro atoms. The molecule has 170 valence electrons. The maximum Gasteiger partial charge on any atom is 0.472 e. The summed E-state index contributed by atoms with van der Waals surface area (Å²) in [6.07, 6.45) is 2.74. The van der Waals surface area contributed by atoms with Crippen LogP contribution in [-0.2, 0) is 24.8 Å². The van der Waals surface area contributed by atoms with E-state index in [0.29, 0.717) is 19.4 Å². The summed E-state index contributed by atoms with van der Waals surface area (Å²) in [6.45, 7) is 3.86. The summed E-state index contributed by atoms with van der Waals surface area (Å²) in [4.78, 5) is 26.6. The van der Waals surface area contributed by atoms with Gasteiger partial charge in [-0.2, -0.15) is 0 Å². The van der Waals surface area contributed by atoms with E-state index < -0.39 is 13.9 Å². The Bertz CT molecular complexity index is 1090. The lowest BCUT2D eigenvalue weighted by Gasteiger charge is -2.14. The molecule has 0 bridgehead atoms. The molecule has 0 radical (unpaired) electrons. The summed E-state index contributed by atoms with van der Waals surface area (Å²) in [5, 5.41) is 3.91. The van der Waals surface area contributed by atoms with Gasteiger partial charge in [0.05, 0.1) is 24.6 Å². The van der Waals surface area contributed by atoms with Crippen LogP contribution in [0.15, 0.2) is 60.8 Å². The average Bonchev–Trinajstić information content (AvgIpc) is 2.75. The molecule has 32 heavy (non-hydrogen) atoms. The first kappa shape index (κ1) is 24.1. The number of unbranched alkanes of at least 4 members (excludes halogenated alkanes) is 1. The van der Waals surface area contributed by atoms with Crippen LogP contribution >= 0.6 is 7.82 Å². The number of carbonyl (C=O) groups is 1. The minimum absolute atomic E-state index is 0.0864. The lowest BCUT2D eigenvalue weighted by Crippen LogP contribution is -2.26. The van der Waals surface area contributed by atoms with E-state index >= 15 is 0 Å². The Morgan fingerprint density at radius 1 is 1.09 bits per heavy atom. The Balaban J connectivity index is 1.57. The SMILES string of the molecule is CC(C)OP(=O)(O)OCCCCNC(=O)Cc1cnc2ccccc2c1-c1ccccc1. The number of rotatable bonds is 11. The summed E-state index contributed by atoms with van der Waals surface area (Å²) < 4.78 is 21.4. The van der Waals surface area contributed by atoms with Gasteiger partial charge >= 0.3 is 7.82 Å². The van der Waals surface area contributed by atoms with Crippen LogP contribution in [0.1, 0.15) is 32.3 Å². The third-order valence-corrected chi connectivity index (χ3v) is 5.96. The molecule has 1 atom stereocenters. The van der Waals surface area contributed by atoms with Crippen molar-refractivity contribution in [3.05, 3.63) is 66.4 Å². The highest BCUT2D eigenvalue weighted by atomic mass is 31.2. The van der Waals surface area contributed by atoms with Crippen molar-refractivity contribution in [1.29, 1.82) is 0 Å². The van der Waals surface area contributed by atoms with Crippen molar-refractivity contribution in [2.75, 3.05) is 13.2 Å². The van der Waals surface area contributed by atoms with E-state index in [9.17, 15) is 14.3 Å². The zero-order chi connectivity index (χ0) is 23.0. The van der Waals surface area contributed by atoms with Gasteiger partial charge in [-0.3, -0.25) is 18.8 Å². The highest BCUT2D eigenvalue weighted by molar-refractivity contribution is 7.47. The van der Waals surface area contributed by atoms with E-state index in [-0.39, 0.29) is 18.9 Å². The molecule has 0 aliphatic heterocycles. The van der Waals surface area contributed by atoms with E-state index in [1.54, 1.807) is 20.0 Å². The molecule has 1 aromatic heterocycles. The normalized spacial score (nSPS) is 13.2. The van der Waals surface area contributed by atoms with Crippen LogP contribution in [0.2, 0.25) is 0 Å². The summed E-state index contributed by atoms with van der Waals surface area (Å²) in [5.74, 6) is -0.101. The first-order valence-corrected chi connectivity index (χ1v) is 12.2. The monoisotopic (exact) mass is 456 g/mol. The quantitative estimate of drug-likeness (QED) is 0.315. The largest absolute Gasteiger partial charge is 0.472 e. The lowest BCUT2D eigenvalue weighted by molar-refractivity contribution is -0.120. The molecule has 1 unspecified atom stereocenters. The van der Waals surface area contributed by atoms with Crippen molar-refractivity contribution < 1.29 is 23.3 Å². The molecule has 2 aromatic carbocycles. The number of pyridine rings is 1. The van der Waals surface area contributed by atoms with Gasteiger partial charge in [0.1, 0.15) is 0 Å². The fourth-order valence-corrected chi connectivity index (χ4v) is 4.38. The van der Waals surface area contributed by atoms with Gasteiger partial charge in [0.15, 0.2) is 0 Å². The van der Waals surface area contributed by atoms with Crippen molar-refractivity contribution >= 4 is 24.6 Å². The molecule has 1 heterocycles. The number of aromatic nitrogens is 1. The second kappa shape index (κ2) is 11.3. The number of hydrogen-bond acceptors (Lipinski definition) is 5. The zero-order valence-corrected chi connectivity index (χ0v) is 19.3. The van der Waals surface area contributed by atoms with Crippen LogP contribution in [0.3, 0.4) is 0 Å². The number of nitrogens with zero attached hydrogens (tertiary/aromatic N) is 1. The van der Waals surface area contributed by atoms with Gasteiger partial charge in [0.25, 0.3) is 0 Å². The molecule has 0 saturated heterocycles. The van der Waals surface area contributed by atoms with E-state index in [4.69, 9.17) is 9.05 Å². The Hall–Kier alpha value is -2.57. The molecular formula is C24H29N2O5P. The van der Waals surface area contributed by atoms with Crippen molar-refractivity contribution in [3.8, 4) is 11.1 Å². The maximum absolute atomic E-state index is 12.6. The molecule has 2 N–H and O–H groups in total. The lowest BCUT2D eigenvalue weighted by atomic mass is 9.95. The van der Waals surface area contributed by atoms with Gasteiger partial charge in [-0.1, -0.05) is 48.5 Å². The predicted molar refractivity (Wildman–Crippen MR) is 125 cm³/mol. The topological polar surface area (TPSA) is 97.8 Å². The summed E-state index contributed by atoms with van der Waals surface area (Å²) in [7, 11) is -4.01. The Morgan fingerprint density at radius 3 is 2.56 bits per heavy atom. The van der Waals surface area contributed by atoms with E-state index in [0.717, 1.165) is 27.6 Å². The number of phosphoric ester groups is 1. The zero-order valence-electron chi connectivity index (χ0n) is 18.4. The van der Waals surface area contributed by atoms with E-state index in [1.165, 1.54) is 0 Å². The molecule has 0 aliphatic rings. The number of para-hydroxylation sites is 1. The maximum atomic E-state index is 12.6. The fourth-order valence-electron chi connectivity index (χ4n) is 3.43. The number of hydrogen-bond donors (Lipinski definition) is 2. The molecular weight excluding hydrogens is 427 g/mol. The fraction of sp³-hybridized carbons (Fsp3) is 0.333. The highest BCUT2D eigenvalue weighted by Crippen LogP contribution is 2.44. The van der Waals surface area contributed by atoms with Gasteiger partial charge in [0, 0.05) is 18.1 Å². The van der Waals surface area contributed by atoms with Crippen LogP contribution in [0.4, 0.5) is 0 Å². The molecule has 3 aromatic rings. The second-order valence-corrected chi connectivity index (χ2v) is 9.14. The van der Waals surface area contributed by atoms with Gasteiger partial charge < -0.3 is 10.2 Å². The second-order valence-electron chi connectivity index (χ2n) is 7.73. The molecule has 7 nitrogen and oxygen atoms in total. The Kier molecular flexibility index (Phi) is 8.53. The molecule has 0 fully saturated rings. The van der Waals surface area contributed by atoms with Crippen LogP contribution in [0.25, 0.3) is 22.0 Å².